The molecular weight excluding hydrogens is 408 g/mol. The quantitative estimate of drug-likeness (QED) is 0.258. The van der Waals surface area contributed by atoms with E-state index in [0.29, 0.717) is 11.3 Å². The van der Waals surface area contributed by atoms with Crippen LogP contribution in [0, 0.1) is 13.8 Å². The minimum absolute atomic E-state index is 0.109. The van der Waals surface area contributed by atoms with Crippen molar-refractivity contribution in [2.75, 3.05) is 4.90 Å². The second-order valence-corrected chi connectivity index (χ2v) is 8.70. The Hall–Kier alpha value is -3.64. The van der Waals surface area contributed by atoms with E-state index in [2.05, 4.69) is 4.98 Å². The van der Waals surface area contributed by atoms with Crippen molar-refractivity contribution in [1.82, 2.24) is 4.98 Å². The Balaban J connectivity index is 1.77. The van der Waals surface area contributed by atoms with Gasteiger partial charge in [0.25, 0.3) is 11.7 Å². The van der Waals surface area contributed by atoms with Crippen LogP contribution in [0.15, 0.2) is 71.7 Å². The number of rotatable bonds is 3. The SMILES string of the molecule is Cc1ccc(C)c(N2C(=O)C(=O)/C(=C(\O)c3c[nH]c4ccccc34)C2c2cccs2)c1. The van der Waals surface area contributed by atoms with Crippen LogP contribution in [0.1, 0.15) is 27.6 Å². The van der Waals surface area contributed by atoms with E-state index in [1.807, 2.05) is 73.8 Å². The number of H-pyrrole nitrogens is 1. The van der Waals surface area contributed by atoms with Crippen LogP contribution in [0.2, 0.25) is 0 Å². The summed E-state index contributed by atoms with van der Waals surface area (Å²) in [6, 6.07) is 16.5. The number of aliphatic hydroxyl groups is 1. The largest absolute Gasteiger partial charge is 0.507 e. The molecule has 5 nitrogen and oxygen atoms in total. The highest BCUT2D eigenvalue weighted by atomic mass is 32.1. The van der Waals surface area contributed by atoms with Crippen molar-refractivity contribution >= 4 is 45.4 Å². The molecule has 0 radical (unpaired) electrons. The van der Waals surface area contributed by atoms with Crippen molar-refractivity contribution in [2.24, 2.45) is 0 Å². The fraction of sp³-hybridized carbons (Fsp3) is 0.120. The number of aromatic nitrogens is 1. The highest BCUT2D eigenvalue weighted by Crippen LogP contribution is 2.45. The molecule has 5 rings (SSSR count). The minimum Gasteiger partial charge on any atom is -0.507 e. The number of carbonyl (C=O) groups is 2. The van der Waals surface area contributed by atoms with Gasteiger partial charge in [-0.2, -0.15) is 0 Å². The molecule has 0 spiro atoms. The normalized spacial score (nSPS) is 18.3. The standard InChI is InChI=1S/C25H20N2O3S/c1-14-9-10-15(2)19(12-14)27-22(20-8-5-11-31-20)21(24(29)25(27)30)23(28)17-13-26-18-7-4-3-6-16(17)18/h3-13,22,26,28H,1-2H3/b23-21-. The van der Waals surface area contributed by atoms with Gasteiger partial charge in [0.1, 0.15) is 11.8 Å². The summed E-state index contributed by atoms with van der Waals surface area (Å²) in [7, 11) is 0. The molecule has 2 aromatic heterocycles. The Morgan fingerprint density at radius 3 is 2.65 bits per heavy atom. The van der Waals surface area contributed by atoms with Gasteiger partial charge in [-0.1, -0.05) is 36.4 Å². The highest BCUT2D eigenvalue weighted by Gasteiger charge is 2.48. The first kappa shape index (κ1) is 19.3. The van der Waals surface area contributed by atoms with Crippen LogP contribution in [0.3, 0.4) is 0 Å². The molecule has 1 aliphatic rings. The molecule has 0 saturated carbocycles. The van der Waals surface area contributed by atoms with Gasteiger partial charge in [-0.15, -0.1) is 11.3 Å². The van der Waals surface area contributed by atoms with E-state index in [9.17, 15) is 14.7 Å². The number of anilines is 1. The van der Waals surface area contributed by atoms with Crippen LogP contribution in [-0.2, 0) is 9.59 Å². The molecular formula is C25H20N2O3S. The lowest BCUT2D eigenvalue weighted by Crippen LogP contribution is -2.29. The molecule has 1 aliphatic heterocycles. The van der Waals surface area contributed by atoms with Gasteiger partial charge in [-0.05, 0) is 48.6 Å². The van der Waals surface area contributed by atoms with E-state index in [-0.39, 0.29) is 11.3 Å². The summed E-state index contributed by atoms with van der Waals surface area (Å²) in [5.41, 5.74) is 4.03. The average molecular weight is 429 g/mol. The molecule has 0 bridgehead atoms. The van der Waals surface area contributed by atoms with Crippen LogP contribution >= 0.6 is 11.3 Å². The number of hydrogen-bond acceptors (Lipinski definition) is 4. The molecule has 1 unspecified atom stereocenters. The maximum absolute atomic E-state index is 13.3. The lowest BCUT2D eigenvalue weighted by molar-refractivity contribution is -0.132. The van der Waals surface area contributed by atoms with Crippen LogP contribution in [0.5, 0.6) is 0 Å². The number of fused-ring (bicyclic) bond motifs is 1. The third kappa shape index (κ3) is 2.99. The predicted molar refractivity (Wildman–Crippen MR) is 123 cm³/mol. The molecule has 31 heavy (non-hydrogen) atoms. The van der Waals surface area contributed by atoms with Crippen LogP contribution in [0.4, 0.5) is 5.69 Å². The molecule has 4 aromatic rings. The number of benzene rings is 2. The van der Waals surface area contributed by atoms with Crippen LogP contribution in [-0.4, -0.2) is 21.8 Å². The number of aryl methyl sites for hydroxylation is 2. The molecule has 1 fully saturated rings. The van der Waals surface area contributed by atoms with Gasteiger partial charge in [0, 0.05) is 33.2 Å². The highest BCUT2D eigenvalue weighted by molar-refractivity contribution is 7.10. The maximum Gasteiger partial charge on any atom is 0.300 e. The summed E-state index contributed by atoms with van der Waals surface area (Å²) in [5, 5.41) is 14.0. The van der Waals surface area contributed by atoms with Gasteiger partial charge in [-0.25, -0.2) is 0 Å². The van der Waals surface area contributed by atoms with Crippen molar-refractivity contribution in [1.29, 1.82) is 0 Å². The van der Waals surface area contributed by atoms with Crippen molar-refractivity contribution in [3.8, 4) is 0 Å². The minimum atomic E-state index is -0.686. The number of Topliss-reactive ketones (excluding diaryl/α,β-unsaturated/α-hetero) is 1. The van der Waals surface area contributed by atoms with Gasteiger partial charge in [0.2, 0.25) is 0 Å². The van der Waals surface area contributed by atoms with Crippen molar-refractivity contribution in [3.63, 3.8) is 0 Å². The molecule has 2 N–H and O–H groups in total. The number of carbonyl (C=O) groups excluding carboxylic acids is 2. The van der Waals surface area contributed by atoms with E-state index in [4.69, 9.17) is 0 Å². The molecule has 1 saturated heterocycles. The number of nitrogens with one attached hydrogen (secondary N) is 1. The number of aliphatic hydroxyl groups excluding tert-OH is 1. The molecule has 2 aromatic carbocycles. The summed E-state index contributed by atoms with van der Waals surface area (Å²) in [4.78, 5) is 32.0. The fourth-order valence-corrected chi connectivity index (χ4v) is 5.01. The Bertz CT molecular complexity index is 1360. The first-order valence-electron chi connectivity index (χ1n) is 9.95. The third-order valence-electron chi connectivity index (χ3n) is 5.73. The summed E-state index contributed by atoms with van der Waals surface area (Å²) in [6.45, 7) is 3.87. The maximum atomic E-state index is 13.3. The number of ketones is 1. The molecule has 1 atom stereocenters. The summed E-state index contributed by atoms with van der Waals surface area (Å²) >= 11 is 1.46. The van der Waals surface area contributed by atoms with Crippen LogP contribution in [0.25, 0.3) is 16.7 Å². The van der Waals surface area contributed by atoms with E-state index in [0.717, 1.165) is 26.9 Å². The monoisotopic (exact) mass is 428 g/mol. The Morgan fingerprint density at radius 1 is 1.06 bits per heavy atom. The number of para-hydroxylation sites is 1. The number of amides is 1. The van der Waals surface area contributed by atoms with Gasteiger partial charge < -0.3 is 10.1 Å². The zero-order chi connectivity index (χ0) is 21.7. The smallest absolute Gasteiger partial charge is 0.300 e. The van der Waals surface area contributed by atoms with Gasteiger partial charge in [-0.3, -0.25) is 14.5 Å². The molecule has 6 heteroatoms. The Labute approximate surface area is 183 Å². The van der Waals surface area contributed by atoms with E-state index >= 15 is 0 Å². The summed E-state index contributed by atoms with van der Waals surface area (Å²) in [6.07, 6.45) is 1.68. The van der Waals surface area contributed by atoms with Gasteiger partial charge in [0.15, 0.2) is 0 Å². The third-order valence-corrected chi connectivity index (χ3v) is 6.65. The lowest BCUT2D eigenvalue weighted by Gasteiger charge is -2.26. The Kier molecular flexibility index (Phi) is 4.52. The van der Waals surface area contributed by atoms with Gasteiger partial charge >= 0.3 is 0 Å². The second kappa shape index (κ2) is 7.25. The summed E-state index contributed by atoms with van der Waals surface area (Å²) in [5.74, 6) is -1.47. The number of nitrogens with zero attached hydrogens (tertiary/aromatic N) is 1. The first-order chi connectivity index (χ1) is 15.0. The van der Waals surface area contributed by atoms with Crippen molar-refractivity contribution in [2.45, 2.75) is 19.9 Å². The first-order valence-corrected chi connectivity index (χ1v) is 10.8. The van der Waals surface area contributed by atoms with E-state index < -0.39 is 17.7 Å². The molecule has 154 valence electrons. The van der Waals surface area contributed by atoms with E-state index in [1.54, 1.807) is 6.20 Å². The fourth-order valence-electron chi connectivity index (χ4n) is 4.19. The van der Waals surface area contributed by atoms with Crippen LogP contribution < -0.4 is 4.90 Å². The topological polar surface area (TPSA) is 73.4 Å². The second-order valence-electron chi connectivity index (χ2n) is 7.72. The van der Waals surface area contributed by atoms with Crippen molar-refractivity contribution < 1.29 is 14.7 Å². The predicted octanol–water partition coefficient (Wildman–Crippen LogP) is 5.47. The zero-order valence-electron chi connectivity index (χ0n) is 17.0. The lowest BCUT2D eigenvalue weighted by atomic mass is 9.99. The van der Waals surface area contributed by atoms with Crippen molar-refractivity contribution in [3.05, 3.63) is 93.3 Å². The number of hydrogen-bond donors (Lipinski definition) is 2. The summed E-state index contributed by atoms with van der Waals surface area (Å²) < 4.78 is 0. The number of thiophene rings is 1. The molecule has 3 heterocycles. The Morgan fingerprint density at radius 2 is 1.87 bits per heavy atom. The van der Waals surface area contributed by atoms with E-state index in [1.165, 1.54) is 16.2 Å². The van der Waals surface area contributed by atoms with Gasteiger partial charge in [0.05, 0.1) is 5.57 Å². The number of aromatic amines is 1. The molecule has 0 aliphatic carbocycles. The average Bonchev–Trinajstić information content (AvgIpc) is 3.49. The zero-order valence-corrected chi connectivity index (χ0v) is 17.9. The molecule has 1 amide bonds.